The fraction of sp³-hybridized carbons (Fsp3) is 0.833. The van der Waals surface area contributed by atoms with E-state index in [1.54, 1.807) is 4.90 Å². The number of hydrogen-bond donors (Lipinski definition) is 1. The van der Waals surface area contributed by atoms with E-state index in [1.807, 2.05) is 13.8 Å². The first-order valence-corrected chi connectivity index (χ1v) is 9.42. The Morgan fingerprint density at radius 3 is 2.36 bits per heavy atom. The minimum Gasteiger partial charge on any atom is -0.372 e. The van der Waals surface area contributed by atoms with Gasteiger partial charge in [0.25, 0.3) is 5.91 Å². The summed E-state index contributed by atoms with van der Waals surface area (Å²) in [6.07, 6.45) is 4.27. The molecule has 140 valence electrons. The lowest BCUT2D eigenvalue weighted by Gasteiger charge is -2.36. The highest BCUT2D eigenvalue weighted by atomic mass is 16.5. The first-order valence-electron chi connectivity index (χ1n) is 9.42. The van der Waals surface area contributed by atoms with Gasteiger partial charge in [0.1, 0.15) is 12.1 Å². The van der Waals surface area contributed by atoms with E-state index in [0.717, 1.165) is 24.2 Å². The van der Waals surface area contributed by atoms with Gasteiger partial charge >= 0.3 is 6.03 Å². The number of ether oxygens (including phenoxy) is 1. The van der Waals surface area contributed by atoms with Crippen LogP contribution in [0, 0.1) is 5.92 Å². The fourth-order valence-corrected chi connectivity index (χ4v) is 4.35. The predicted molar refractivity (Wildman–Crippen MR) is 91.8 cm³/mol. The lowest BCUT2D eigenvalue weighted by atomic mass is 9.75. The van der Waals surface area contributed by atoms with Gasteiger partial charge in [0.2, 0.25) is 5.91 Å². The van der Waals surface area contributed by atoms with Gasteiger partial charge in [-0.3, -0.25) is 14.5 Å². The zero-order valence-corrected chi connectivity index (χ0v) is 15.4. The second kappa shape index (κ2) is 6.94. The molecule has 1 N–H and O–H groups in total. The molecule has 1 aliphatic carbocycles. The van der Waals surface area contributed by atoms with Crippen molar-refractivity contribution >= 4 is 17.8 Å². The monoisotopic (exact) mass is 351 g/mol. The molecule has 0 radical (unpaired) electrons. The molecule has 3 fully saturated rings. The quantitative estimate of drug-likeness (QED) is 0.782. The summed E-state index contributed by atoms with van der Waals surface area (Å²) in [6.45, 7) is 6.82. The average Bonchev–Trinajstić information content (AvgIpc) is 2.79. The maximum atomic E-state index is 12.9. The van der Waals surface area contributed by atoms with Crippen LogP contribution < -0.4 is 5.32 Å². The summed E-state index contributed by atoms with van der Waals surface area (Å²) in [4.78, 5) is 40.6. The molecule has 1 spiro atoms. The third kappa shape index (κ3) is 3.52. The van der Waals surface area contributed by atoms with Crippen molar-refractivity contribution in [3.8, 4) is 0 Å². The van der Waals surface area contributed by atoms with E-state index in [0.29, 0.717) is 31.8 Å². The Balaban J connectivity index is 1.64. The van der Waals surface area contributed by atoms with Crippen LogP contribution in [0.2, 0.25) is 0 Å². The van der Waals surface area contributed by atoms with Crippen LogP contribution in [0.5, 0.6) is 0 Å². The Morgan fingerprint density at radius 1 is 1.20 bits per heavy atom. The first kappa shape index (κ1) is 18.2. The number of amides is 4. The smallest absolute Gasteiger partial charge is 0.325 e. The molecule has 0 aromatic heterocycles. The van der Waals surface area contributed by atoms with E-state index in [9.17, 15) is 14.4 Å². The highest BCUT2D eigenvalue weighted by Crippen LogP contribution is 2.37. The highest BCUT2D eigenvalue weighted by molar-refractivity contribution is 6.09. The normalized spacial score (nSPS) is 36.0. The molecule has 0 aromatic rings. The average molecular weight is 351 g/mol. The topological polar surface area (TPSA) is 79.0 Å². The Kier molecular flexibility index (Phi) is 5.04. The summed E-state index contributed by atoms with van der Waals surface area (Å²) in [5.41, 5.74) is -0.783. The van der Waals surface area contributed by atoms with Gasteiger partial charge in [0.05, 0.1) is 12.2 Å². The molecule has 3 rings (SSSR count). The first-order chi connectivity index (χ1) is 11.8. The molecular formula is C18H29N3O4. The molecule has 3 aliphatic rings. The summed E-state index contributed by atoms with van der Waals surface area (Å²) in [5, 5.41) is 2.88. The SMILES string of the molecule is CCC1CCC2(CC1)NC(=O)N(CC(=O)N1C[C@@H](C)O[C@H](C)C1)C2=O. The summed E-state index contributed by atoms with van der Waals surface area (Å²) in [6, 6.07) is -0.428. The minimum atomic E-state index is -0.783. The number of carbonyl (C=O) groups excluding carboxylic acids is 3. The zero-order chi connectivity index (χ0) is 18.2. The van der Waals surface area contributed by atoms with E-state index in [2.05, 4.69) is 12.2 Å². The molecule has 7 heteroatoms. The summed E-state index contributed by atoms with van der Waals surface area (Å²) >= 11 is 0. The number of nitrogens with zero attached hydrogens (tertiary/aromatic N) is 2. The van der Waals surface area contributed by atoms with Crippen molar-refractivity contribution in [2.75, 3.05) is 19.6 Å². The molecule has 7 nitrogen and oxygen atoms in total. The maximum absolute atomic E-state index is 12.9. The van der Waals surface area contributed by atoms with Crippen LogP contribution in [-0.4, -0.2) is 65.0 Å². The van der Waals surface area contributed by atoms with Crippen LogP contribution in [0.1, 0.15) is 52.9 Å². The number of carbonyl (C=O) groups is 3. The molecule has 25 heavy (non-hydrogen) atoms. The molecule has 0 unspecified atom stereocenters. The fourth-order valence-electron chi connectivity index (χ4n) is 4.35. The third-order valence-electron chi connectivity index (χ3n) is 5.85. The number of morpholine rings is 1. The maximum Gasteiger partial charge on any atom is 0.325 e. The van der Waals surface area contributed by atoms with Crippen LogP contribution in [0.4, 0.5) is 4.79 Å². The molecule has 4 amide bonds. The number of hydrogen-bond acceptors (Lipinski definition) is 4. The largest absolute Gasteiger partial charge is 0.372 e. The molecular weight excluding hydrogens is 322 g/mol. The van der Waals surface area contributed by atoms with Crippen molar-refractivity contribution < 1.29 is 19.1 Å². The molecule has 1 saturated carbocycles. The highest BCUT2D eigenvalue weighted by Gasteiger charge is 2.52. The Labute approximate surface area is 149 Å². The van der Waals surface area contributed by atoms with Crippen LogP contribution >= 0.6 is 0 Å². The lowest BCUT2D eigenvalue weighted by Crippen LogP contribution is -2.52. The van der Waals surface area contributed by atoms with Gasteiger partial charge in [-0.2, -0.15) is 0 Å². The molecule has 2 atom stereocenters. The molecule has 0 bridgehead atoms. The van der Waals surface area contributed by atoms with Gasteiger partial charge in [-0.1, -0.05) is 13.3 Å². The number of imide groups is 1. The van der Waals surface area contributed by atoms with Gasteiger partial charge in [-0.05, 0) is 45.4 Å². The molecule has 2 heterocycles. The minimum absolute atomic E-state index is 0.0357. The van der Waals surface area contributed by atoms with Crippen molar-refractivity contribution in [2.45, 2.75) is 70.6 Å². The molecule has 2 aliphatic heterocycles. The Hall–Kier alpha value is -1.63. The summed E-state index contributed by atoms with van der Waals surface area (Å²) < 4.78 is 5.64. The molecule has 2 saturated heterocycles. The van der Waals surface area contributed by atoms with E-state index in [1.165, 1.54) is 0 Å². The van der Waals surface area contributed by atoms with Crippen molar-refractivity contribution in [1.29, 1.82) is 0 Å². The van der Waals surface area contributed by atoms with Crippen LogP contribution in [0.15, 0.2) is 0 Å². The Bertz CT molecular complexity index is 547. The van der Waals surface area contributed by atoms with E-state index in [4.69, 9.17) is 4.74 Å². The number of urea groups is 1. The van der Waals surface area contributed by atoms with Crippen LogP contribution in [-0.2, 0) is 14.3 Å². The van der Waals surface area contributed by atoms with E-state index >= 15 is 0 Å². The van der Waals surface area contributed by atoms with Crippen LogP contribution in [0.25, 0.3) is 0 Å². The van der Waals surface area contributed by atoms with Crippen molar-refractivity contribution in [2.24, 2.45) is 5.92 Å². The zero-order valence-electron chi connectivity index (χ0n) is 15.4. The van der Waals surface area contributed by atoms with Gasteiger partial charge in [0.15, 0.2) is 0 Å². The van der Waals surface area contributed by atoms with Crippen molar-refractivity contribution in [3.05, 3.63) is 0 Å². The third-order valence-corrected chi connectivity index (χ3v) is 5.85. The predicted octanol–water partition coefficient (Wildman–Crippen LogP) is 1.51. The number of nitrogens with one attached hydrogen (secondary N) is 1. The second-order valence-electron chi connectivity index (χ2n) is 7.81. The standard InChI is InChI=1S/C18H29N3O4/c1-4-14-5-7-18(8-6-14)16(23)21(17(24)19-18)11-15(22)20-9-12(2)25-13(3)10-20/h12-14H,4-11H2,1-3H3,(H,19,24)/t12-,13-,14?,18?/m1/s1. The Morgan fingerprint density at radius 2 is 1.80 bits per heavy atom. The van der Waals surface area contributed by atoms with Gasteiger partial charge in [-0.25, -0.2) is 4.79 Å². The summed E-state index contributed by atoms with van der Waals surface area (Å²) in [7, 11) is 0. The van der Waals surface area contributed by atoms with E-state index < -0.39 is 11.6 Å². The van der Waals surface area contributed by atoms with E-state index in [-0.39, 0.29) is 30.6 Å². The van der Waals surface area contributed by atoms with Crippen molar-refractivity contribution in [1.82, 2.24) is 15.1 Å². The van der Waals surface area contributed by atoms with Gasteiger partial charge in [0, 0.05) is 13.1 Å². The van der Waals surface area contributed by atoms with Gasteiger partial charge < -0.3 is 15.0 Å². The summed E-state index contributed by atoms with van der Waals surface area (Å²) in [5.74, 6) is 0.210. The van der Waals surface area contributed by atoms with Crippen LogP contribution in [0.3, 0.4) is 0 Å². The van der Waals surface area contributed by atoms with Crippen molar-refractivity contribution in [3.63, 3.8) is 0 Å². The van der Waals surface area contributed by atoms with Gasteiger partial charge in [-0.15, -0.1) is 0 Å². The number of rotatable bonds is 3. The lowest BCUT2D eigenvalue weighted by molar-refractivity contribution is -0.147. The second-order valence-corrected chi connectivity index (χ2v) is 7.81. The molecule has 0 aromatic carbocycles.